The van der Waals surface area contributed by atoms with E-state index in [0.29, 0.717) is 18.5 Å². The summed E-state index contributed by atoms with van der Waals surface area (Å²) in [6, 6.07) is 4.82. The fourth-order valence-corrected chi connectivity index (χ4v) is 1.85. The van der Waals surface area contributed by atoms with Crippen molar-refractivity contribution in [3.05, 3.63) is 35.4 Å². The lowest BCUT2D eigenvalue weighted by Gasteiger charge is -2.25. The van der Waals surface area contributed by atoms with Crippen molar-refractivity contribution in [3.63, 3.8) is 0 Å². The first-order valence-corrected chi connectivity index (χ1v) is 6.76. The molecule has 1 unspecified atom stereocenters. The highest BCUT2D eigenvalue weighted by Crippen LogP contribution is 2.32. The first-order chi connectivity index (χ1) is 9.55. The first-order valence-electron chi connectivity index (χ1n) is 6.76. The monoisotopic (exact) mass is 302 g/mol. The van der Waals surface area contributed by atoms with Gasteiger partial charge in [0.2, 0.25) is 5.91 Å². The molecule has 1 amide bonds. The lowest BCUT2D eigenvalue weighted by Crippen LogP contribution is -2.41. The maximum atomic E-state index is 12.7. The van der Waals surface area contributed by atoms with Crippen LogP contribution in [0.2, 0.25) is 0 Å². The van der Waals surface area contributed by atoms with Crippen molar-refractivity contribution in [2.45, 2.75) is 44.8 Å². The van der Waals surface area contributed by atoms with Crippen LogP contribution in [0.25, 0.3) is 0 Å². The molecule has 1 aromatic carbocycles. The molecular formula is C15H21F3N2O. The number of hydrogen-bond donors (Lipinski definition) is 2. The van der Waals surface area contributed by atoms with Gasteiger partial charge in [0.1, 0.15) is 0 Å². The van der Waals surface area contributed by atoms with Gasteiger partial charge < -0.3 is 11.1 Å². The Balaban J connectivity index is 2.89. The van der Waals surface area contributed by atoms with Crippen molar-refractivity contribution in [2.75, 3.05) is 6.54 Å². The molecule has 0 aliphatic carbocycles. The van der Waals surface area contributed by atoms with Crippen LogP contribution < -0.4 is 11.1 Å². The van der Waals surface area contributed by atoms with E-state index in [1.165, 1.54) is 12.1 Å². The highest BCUT2D eigenvalue weighted by molar-refractivity contribution is 5.87. The van der Waals surface area contributed by atoms with Gasteiger partial charge in [0.05, 0.1) is 11.0 Å². The first kappa shape index (κ1) is 17.5. The number of nitrogens with one attached hydrogen (secondary N) is 1. The minimum atomic E-state index is -4.42. The molecule has 1 rings (SSSR count). The average Bonchev–Trinajstić information content (AvgIpc) is 2.37. The Kier molecular flexibility index (Phi) is 5.39. The van der Waals surface area contributed by atoms with Crippen LogP contribution in [0.3, 0.4) is 0 Å². The second-order valence-corrected chi connectivity index (χ2v) is 5.73. The van der Waals surface area contributed by atoms with E-state index in [1.54, 1.807) is 13.8 Å². The summed E-state index contributed by atoms with van der Waals surface area (Å²) in [4.78, 5) is 12.2. The number of carbonyl (C=O) groups is 1. The zero-order valence-corrected chi connectivity index (χ0v) is 12.4. The molecule has 1 atom stereocenters. The maximum Gasteiger partial charge on any atom is 0.416 e. The second-order valence-electron chi connectivity index (χ2n) is 5.73. The van der Waals surface area contributed by atoms with E-state index in [-0.39, 0.29) is 11.9 Å². The Morgan fingerprint density at radius 2 is 1.86 bits per heavy atom. The fraction of sp³-hybridized carbons (Fsp3) is 0.533. The van der Waals surface area contributed by atoms with E-state index in [2.05, 4.69) is 5.32 Å². The van der Waals surface area contributed by atoms with Gasteiger partial charge in [-0.2, -0.15) is 13.2 Å². The van der Waals surface area contributed by atoms with E-state index < -0.39 is 17.2 Å². The van der Waals surface area contributed by atoms with Crippen LogP contribution in [0.1, 0.15) is 38.3 Å². The number of alkyl halides is 3. The molecule has 6 heteroatoms. The average molecular weight is 302 g/mol. The number of benzene rings is 1. The second kappa shape index (κ2) is 6.47. The maximum absolute atomic E-state index is 12.7. The summed E-state index contributed by atoms with van der Waals surface area (Å²) < 4.78 is 38.2. The summed E-state index contributed by atoms with van der Waals surface area (Å²) >= 11 is 0. The zero-order valence-electron chi connectivity index (χ0n) is 12.4. The quantitative estimate of drug-likeness (QED) is 0.879. The predicted octanol–water partition coefficient (Wildman–Crippen LogP) is 2.84. The van der Waals surface area contributed by atoms with Gasteiger partial charge in [-0.25, -0.2) is 0 Å². The summed E-state index contributed by atoms with van der Waals surface area (Å²) in [5.74, 6) is -0.317. The molecule has 21 heavy (non-hydrogen) atoms. The summed E-state index contributed by atoms with van der Waals surface area (Å²) in [6.07, 6.45) is -3.80. The predicted molar refractivity (Wildman–Crippen MR) is 75.7 cm³/mol. The third-order valence-corrected chi connectivity index (χ3v) is 3.36. The van der Waals surface area contributed by atoms with Crippen molar-refractivity contribution < 1.29 is 18.0 Å². The standard InChI is InChI=1S/C15H21F3N2O/c1-10(19)7-8-20-13(21)14(2,3)11-5-4-6-12(9-11)15(16,17)18/h4-6,9-10H,7-8,19H2,1-3H3,(H,20,21). The Bertz CT molecular complexity index is 496. The molecule has 0 radical (unpaired) electrons. The molecule has 0 saturated heterocycles. The molecule has 0 bridgehead atoms. The lowest BCUT2D eigenvalue weighted by molar-refractivity contribution is -0.137. The van der Waals surface area contributed by atoms with Gasteiger partial charge in [0.15, 0.2) is 0 Å². The van der Waals surface area contributed by atoms with Crippen LogP contribution >= 0.6 is 0 Å². The SMILES string of the molecule is CC(N)CCNC(=O)C(C)(C)c1cccc(C(F)(F)F)c1. The molecule has 3 N–H and O–H groups in total. The Hall–Kier alpha value is -1.56. The van der Waals surface area contributed by atoms with Crippen molar-refractivity contribution in [1.82, 2.24) is 5.32 Å². The van der Waals surface area contributed by atoms with Crippen molar-refractivity contribution >= 4 is 5.91 Å². The van der Waals surface area contributed by atoms with Gasteiger partial charge in [0, 0.05) is 12.6 Å². The van der Waals surface area contributed by atoms with Crippen molar-refractivity contribution in [2.24, 2.45) is 5.73 Å². The third-order valence-electron chi connectivity index (χ3n) is 3.36. The largest absolute Gasteiger partial charge is 0.416 e. The Labute approximate surface area is 122 Å². The van der Waals surface area contributed by atoms with Crippen LogP contribution in [0.15, 0.2) is 24.3 Å². The highest BCUT2D eigenvalue weighted by Gasteiger charge is 2.34. The van der Waals surface area contributed by atoms with Crippen molar-refractivity contribution in [1.29, 1.82) is 0 Å². The number of halogens is 3. The number of amides is 1. The smallest absolute Gasteiger partial charge is 0.355 e. The Morgan fingerprint density at radius 3 is 2.38 bits per heavy atom. The molecule has 0 heterocycles. The van der Waals surface area contributed by atoms with Gasteiger partial charge in [-0.1, -0.05) is 18.2 Å². The summed E-state index contributed by atoms with van der Waals surface area (Å²) in [5, 5.41) is 2.71. The van der Waals surface area contributed by atoms with Crippen LogP contribution in [0.5, 0.6) is 0 Å². The number of hydrogen-bond acceptors (Lipinski definition) is 2. The fourth-order valence-electron chi connectivity index (χ4n) is 1.85. The Morgan fingerprint density at radius 1 is 1.29 bits per heavy atom. The van der Waals surface area contributed by atoms with E-state index in [0.717, 1.165) is 12.1 Å². The van der Waals surface area contributed by atoms with Crippen LogP contribution in [-0.2, 0) is 16.4 Å². The van der Waals surface area contributed by atoms with Gasteiger partial charge in [-0.3, -0.25) is 4.79 Å². The van der Waals surface area contributed by atoms with Crippen LogP contribution in [0, 0.1) is 0 Å². The molecular weight excluding hydrogens is 281 g/mol. The van der Waals surface area contributed by atoms with Gasteiger partial charge in [-0.15, -0.1) is 0 Å². The van der Waals surface area contributed by atoms with E-state index in [1.807, 2.05) is 6.92 Å². The van der Waals surface area contributed by atoms with Gasteiger partial charge in [-0.05, 0) is 38.8 Å². The molecule has 3 nitrogen and oxygen atoms in total. The molecule has 0 aromatic heterocycles. The van der Waals surface area contributed by atoms with E-state index in [9.17, 15) is 18.0 Å². The zero-order chi connectivity index (χ0) is 16.3. The summed E-state index contributed by atoms with van der Waals surface area (Å²) in [7, 11) is 0. The van der Waals surface area contributed by atoms with E-state index >= 15 is 0 Å². The molecule has 1 aromatic rings. The molecule has 0 saturated carbocycles. The molecule has 0 aliphatic heterocycles. The summed E-state index contributed by atoms with van der Waals surface area (Å²) in [6.45, 7) is 5.43. The van der Waals surface area contributed by atoms with E-state index in [4.69, 9.17) is 5.73 Å². The number of rotatable bonds is 5. The molecule has 118 valence electrons. The molecule has 0 spiro atoms. The topological polar surface area (TPSA) is 55.1 Å². The number of nitrogens with two attached hydrogens (primary N) is 1. The minimum Gasteiger partial charge on any atom is -0.355 e. The lowest BCUT2D eigenvalue weighted by atomic mass is 9.83. The van der Waals surface area contributed by atoms with Crippen molar-refractivity contribution in [3.8, 4) is 0 Å². The van der Waals surface area contributed by atoms with Gasteiger partial charge >= 0.3 is 6.18 Å². The third kappa shape index (κ3) is 4.74. The van der Waals surface area contributed by atoms with Gasteiger partial charge in [0.25, 0.3) is 0 Å². The molecule has 0 aliphatic rings. The van der Waals surface area contributed by atoms with Crippen LogP contribution in [-0.4, -0.2) is 18.5 Å². The normalized spacial score (nSPS) is 13.9. The van der Waals surface area contributed by atoms with Crippen LogP contribution in [0.4, 0.5) is 13.2 Å². The minimum absolute atomic E-state index is 0.0398. The molecule has 0 fully saturated rings. The number of carbonyl (C=O) groups excluding carboxylic acids is 1. The highest BCUT2D eigenvalue weighted by atomic mass is 19.4. The summed E-state index contributed by atoms with van der Waals surface area (Å²) in [5.41, 5.74) is 4.12.